The molecular weight excluding hydrogens is 415 g/mol. The van der Waals surface area contributed by atoms with Crippen molar-refractivity contribution in [2.24, 2.45) is 0 Å². The van der Waals surface area contributed by atoms with Gasteiger partial charge in [-0.1, -0.05) is 0 Å². The van der Waals surface area contributed by atoms with Gasteiger partial charge in [0.1, 0.15) is 5.03 Å². The average molecular weight is 432 g/mol. The van der Waals surface area contributed by atoms with Crippen molar-refractivity contribution in [3.05, 3.63) is 34.2 Å². The van der Waals surface area contributed by atoms with E-state index in [0.29, 0.717) is 18.0 Å². The topological polar surface area (TPSA) is 53.4 Å². The summed E-state index contributed by atoms with van der Waals surface area (Å²) in [6, 6.07) is 5.88. The molecule has 0 saturated heterocycles. The number of hydrogen-bond acceptors (Lipinski definition) is 5. The Labute approximate surface area is 150 Å². The zero-order valence-corrected chi connectivity index (χ0v) is 15.7. The lowest BCUT2D eigenvalue weighted by atomic mass is 9.97. The molecule has 0 aliphatic carbocycles. The second-order valence-corrected chi connectivity index (χ2v) is 5.56. The van der Waals surface area contributed by atoms with Gasteiger partial charge in [-0.2, -0.15) is 4.98 Å². The van der Waals surface area contributed by atoms with E-state index in [2.05, 4.69) is 4.98 Å². The number of aryl methyl sites for hydroxylation is 1. The first-order chi connectivity index (χ1) is 10.2. The van der Waals surface area contributed by atoms with Crippen LogP contribution in [0.2, 0.25) is 0 Å². The van der Waals surface area contributed by atoms with Crippen molar-refractivity contribution in [1.29, 1.82) is 0 Å². The van der Waals surface area contributed by atoms with Gasteiger partial charge in [0, 0.05) is 12.1 Å². The quantitative estimate of drug-likeness (QED) is 0.424. The molecular formula is C15H17IN2O3S. The maximum atomic E-state index is 12.1. The zero-order valence-electron chi connectivity index (χ0n) is 12.6. The Morgan fingerprint density at radius 1 is 1.18 bits per heavy atom. The van der Waals surface area contributed by atoms with Gasteiger partial charge in [0.2, 0.25) is 0 Å². The first-order valence-corrected chi connectivity index (χ1v) is 7.81. The van der Waals surface area contributed by atoms with Crippen LogP contribution < -0.4 is 15.2 Å². The first-order valence-electron chi connectivity index (χ1n) is 6.59. The predicted molar refractivity (Wildman–Crippen MR) is 97.9 cm³/mol. The normalized spacial score (nSPS) is 12.0. The van der Waals surface area contributed by atoms with Gasteiger partial charge in [0.25, 0.3) is 0 Å². The molecule has 7 heteroatoms. The predicted octanol–water partition coefficient (Wildman–Crippen LogP) is 2.82. The Bertz CT molecular complexity index is 761. The Hall–Kier alpha value is -1.22. The van der Waals surface area contributed by atoms with Crippen LogP contribution in [0, 0.1) is 0 Å². The van der Waals surface area contributed by atoms with E-state index in [9.17, 15) is 4.79 Å². The fraction of sp³-hybridized carbons (Fsp3) is 0.333. The van der Waals surface area contributed by atoms with Crippen LogP contribution in [0.15, 0.2) is 28.0 Å². The minimum absolute atomic E-state index is 0. The number of fused-ring (bicyclic) bond motifs is 3. The van der Waals surface area contributed by atoms with E-state index in [1.807, 2.05) is 24.5 Å². The van der Waals surface area contributed by atoms with Crippen molar-refractivity contribution in [3.63, 3.8) is 0 Å². The molecule has 0 amide bonds. The van der Waals surface area contributed by atoms with Gasteiger partial charge in [0.05, 0.1) is 19.9 Å². The summed E-state index contributed by atoms with van der Waals surface area (Å²) in [6.07, 6.45) is 2.69. The number of hydrogen-bond donors (Lipinski definition) is 0. The summed E-state index contributed by atoms with van der Waals surface area (Å²) in [7, 11) is 3.24. The highest BCUT2D eigenvalue weighted by Crippen LogP contribution is 2.38. The Morgan fingerprint density at radius 2 is 1.86 bits per heavy atom. The molecule has 0 spiro atoms. The van der Waals surface area contributed by atoms with Gasteiger partial charge in [-0.15, -0.1) is 35.7 Å². The van der Waals surface area contributed by atoms with Crippen LogP contribution in [-0.2, 0) is 13.0 Å². The van der Waals surface area contributed by atoms with Crippen molar-refractivity contribution in [3.8, 4) is 22.8 Å². The third-order valence-electron chi connectivity index (χ3n) is 3.69. The van der Waals surface area contributed by atoms with Crippen LogP contribution in [0.25, 0.3) is 11.3 Å². The molecule has 3 rings (SSSR count). The molecule has 0 atom stereocenters. The number of thioether (sulfide) groups is 1. The maximum absolute atomic E-state index is 12.1. The number of aromatic nitrogens is 2. The van der Waals surface area contributed by atoms with Crippen molar-refractivity contribution in [2.45, 2.75) is 18.0 Å². The van der Waals surface area contributed by atoms with E-state index in [0.717, 1.165) is 28.3 Å². The number of halogens is 1. The fourth-order valence-corrected chi connectivity index (χ4v) is 3.03. The molecule has 1 aromatic carbocycles. The zero-order chi connectivity index (χ0) is 15.0. The standard InChI is InChI=1S/C15H16N2O3S.HI/c1-19-12-6-9-4-5-17-11(10(9)7-13(12)20-2)8-14(21-3)16-15(17)18;/h6-8H,4-5H2,1-3H3;1H. The largest absolute Gasteiger partial charge is 0.493 e. The highest BCUT2D eigenvalue weighted by Gasteiger charge is 2.21. The fourth-order valence-electron chi connectivity index (χ4n) is 2.63. The summed E-state index contributed by atoms with van der Waals surface area (Å²) in [4.78, 5) is 16.2. The minimum Gasteiger partial charge on any atom is -0.493 e. The number of benzene rings is 1. The van der Waals surface area contributed by atoms with Crippen LogP contribution in [0.4, 0.5) is 0 Å². The summed E-state index contributed by atoms with van der Waals surface area (Å²) in [5, 5.41) is 0.730. The summed E-state index contributed by atoms with van der Waals surface area (Å²) in [5.41, 5.74) is 2.86. The third kappa shape index (κ3) is 2.83. The molecule has 1 aliphatic rings. The summed E-state index contributed by atoms with van der Waals surface area (Å²) >= 11 is 1.47. The molecule has 0 N–H and O–H groups in total. The highest BCUT2D eigenvalue weighted by molar-refractivity contribution is 14.0. The summed E-state index contributed by atoms with van der Waals surface area (Å²) < 4.78 is 12.4. The van der Waals surface area contributed by atoms with Crippen molar-refractivity contribution in [1.82, 2.24) is 9.55 Å². The van der Waals surface area contributed by atoms with E-state index in [1.54, 1.807) is 18.8 Å². The van der Waals surface area contributed by atoms with Gasteiger partial charge in [0.15, 0.2) is 11.5 Å². The van der Waals surface area contributed by atoms with Crippen LogP contribution in [0.1, 0.15) is 5.56 Å². The maximum Gasteiger partial charge on any atom is 0.349 e. The van der Waals surface area contributed by atoms with Crippen molar-refractivity contribution in [2.75, 3.05) is 20.5 Å². The van der Waals surface area contributed by atoms with Gasteiger partial charge in [-0.05, 0) is 36.4 Å². The van der Waals surface area contributed by atoms with Gasteiger partial charge >= 0.3 is 5.69 Å². The van der Waals surface area contributed by atoms with E-state index >= 15 is 0 Å². The smallest absolute Gasteiger partial charge is 0.349 e. The Morgan fingerprint density at radius 3 is 2.50 bits per heavy atom. The lowest BCUT2D eigenvalue weighted by Gasteiger charge is -2.23. The Kier molecular flexibility index (Phi) is 5.38. The van der Waals surface area contributed by atoms with Gasteiger partial charge < -0.3 is 9.47 Å². The molecule has 1 aromatic heterocycles. The molecule has 2 aromatic rings. The number of nitrogens with zero attached hydrogens (tertiary/aromatic N) is 2. The molecule has 0 unspecified atom stereocenters. The van der Waals surface area contributed by atoms with E-state index in [4.69, 9.17) is 9.47 Å². The van der Waals surface area contributed by atoms with Gasteiger partial charge in [-0.25, -0.2) is 4.79 Å². The van der Waals surface area contributed by atoms with Gasteiger partial charge in [-0.3, -0.25) is 4.57 Å². The average Bonchev–Trinajstić information content (AvgIpc) is 2.52. The lowest BCUT2D eigenvalue weighted by molar-refractivity contribution is 0.354. The van der Waals surface area contributed by atoms with E-state index in [-0.39, 0.29) is 29.7 Å². The number of methoxy groups -OCH3 is 2. The van der Waals surface area contributed by atoms with Crippen LogP contribution in [-0.4, -0.2) is 30.0 Å². The lowest BCUT2D eigenvalue weighted by Crippen LogP contribution is -2.28. The highest BCUT2D eigenvalue weighted by atomic mass is 127. The Balaban J connectivity index is 0.00000176. The van der Waals surface area contributed by atoms with Crippen LogP contribution >= 0.6 is 35.7 Å². The first kappa shape index (κ1) is 17.1. The monoisotopic (exact) mass is 432 g/mol. The second-order valence-electron chi connectivity index (χ2n) is 4.73. The minimum atomic E-state index is -0.197. The molecule has 5 nitrogen and oxygen atoms in total. The van der Waals surface area contributed by atoms with Crippen molar-refractivity contribution >= 4 is 35.7 Å². The molecule has 0 bridgehead atoms. The number of ether oxygens (including phenoxy) is 2. The molecule has 0 saturated carbocycles. The molecule has 22 heavy (non-hydrogen) atoms. The summed E-state index contributed by atoms with van der Waals surface area (Å²) in [6.45, 7) is 0.637. The molecule has 0 radical (unpaired) electrons. The van der Waals surface area contributed by atoms with Crippen molar-refractivity contribution < 1.29 is 9.47 Å². The summed E-state index contributed by atoms with van der Waals surface area (Å²) in [5.74, 6) is 1.38. The molecule has 118 valence electrons. The van der Waals surface area contributed by atoms with E-state index in [1.165, 1.54) is 11.8 Å². The third-order valence-corrected chi connectivity index (χ3v) is 4.31. The number of rotatable bonds is 3. The van der Waals surface area contributed by atoms with Crippen LogP contribution in [0.5, 0.6) is 11.5 Å². The van der Waals surface area contributed by atoms with E-state index < -0.39 is 0 Å². The SMILES string of the molecule is COc1cc2c(cc1OC)-c1cc(SC)nc(=O)n1CC2.I. The molecule has 2 heterocycles. The molecule has 0 fully saturated rings. The molecule has 1 aliphatic heterocycles. The second kappa shape index (κ2) is 6.91. The van der Waals surface area contributed by atoms with Crippen LogP contribution in [0.3, 0.4) is 0 Å².